The summed E-state index contributed by atoms with van der Waals surface area (Å²) in [6.45, 7) is 6.19. The number of hydrogen-bond acceptors (Lipinski definition) is 5. The fraction of sp³-hybridized carbons (Fsp3) is 0.500. The average Bonchev–Trinajstić information content (AvgIpc) is 2.60. The molecule has 1 aliphatic rings. The van der Waals surface area contributed by atoms with E-state index in [9.17, 15) is 9.59 Å². The number of nitrogens with one attached hydrogen (secondary N) is 2. The monoisotopic (exact) mass is 380 g/mol. The number of amides is 1. The van der Waals surface area contributed by atoms with Gasteiger partial charge in [0.1, 0.15) is 5.82 Å². The Balaban J connectivity index is 0.00000243. The van der Waals surface area contributed by atoms with Gasteiger partial charge in [-0.2, -0.15) is 0 Å². The lowest BCUT2D eigenvalue weighted by Crippen LogP contribution is -2.46. The van der Waals surface area contributed by atoms with Gasteiger partial charge in [0, 0.05) is 25.0 Å². The Bertz CT molecular complexity index is 802. The van der Waals surface area contributed by atoms with Crippen LogP contribution in [-0.4, -0.2) is 52.6 Å². The summed E-state index contributed by atoms with van der Waals surface area (Å²) < 4.78 is 5.41. The standard InChI is InChI=1S/C18H24N4O3.ClH/c1-12(2)22(17(23)9-13-11-25-8-7-19-13)10-16-20-15-6-4-3-5-14(15)18(24)21-16;/h3-6,12-13,19H,7-11H2,1-2H3,(H,20,21,24);1H. The number of rotatable bonds is 5. The molecule has 26 heavy (non-hydrogen) atoms. The highest BCUT2D eigenvalue weighted by molar-refractivity contribution is 5.85. The molecule has 0 aliphatic carbocycles. The second-order valence-corrected chi connectivity index (χ2v) is 6.58. The van der Waals surface area contributed by atoms with E-state index in [0.717, 1.165) is 6.54 Å². The van der Waals surface area contributed by atoms with Crippen LogP contribution in [0.5, 0.6) is 0 Å². The summed E-state index contributed by atoms with van der Waals surface area (Å²) in [6, 6.07) is 7.24. The third-order valence-corrected chi connectivity index (χ3v) is 4.35. The number of H-pyrrole nitrogens is 1. The number of aromatic nitrogens is 2. The number of nitrogens with zero attached hydrogens (tertiary/aromatic N) is 2. The Kier molecular flexibility index (Phi) is 7.14. The summed E-state index contributed by atoms with van der Waals surface area (Å²) in [7, 11) is 0. The minimum atomic E-state index is -0.181. The molecular formula is C18H25ClN4O3. The number of ether oxygens (including phenoxy) is 1. The first-order chi connectivity index (χ1) is 12.0. The number of carbonyl (C=O) groups is 1. The molecule has 3 rings (SSSR count). The zero-order valence-corrected chi connectivity index (χ0v) is 15.8. The van der Waals surface area contributed by atoms with E-state index in [2.05, 4.69) is 15.3 Å². The number of para-hydroxylation sites is 1. The van der Waals surface area contributed by atoms with E-state index in [1.807, 2.05) is 26.0 Å². The molecule has 0 bridgehead atoms. The zero-order chi connectivity index (χ0) is 17.8. The number of morpholine rings is 1. The van der Waals surface area contributed by atoms with Crippen molar-refractivity contribution in [1.29, 1.82) is 0 Å². The molecule has 7 nitrogen and oxygen atoms in total. The van der Waals surface area contributed by atoms with Crippen LogP contribution in [0.4, 0.5) is 0 Å². The van der Waals surface area contributed by atoms with Crippen LogP contribution in [0.2, 0.25) is 0 Å². The quantitative estimate of drug-likeness (QED) is 0.820. The number of benzene rings is 1. The molecule has 2 aromatic rings. The summed E-state index contributed by atoms with van der Waals surface area (Å²) in [5, 5.41) is 3.85. The van der Waals surface area contributed by atoms with Gasteiger partial charge < -0.3 is 19.9 Å². The van der Waals surface area contributed by atoms with Gasteiger partial charge in [0.2, 0.25) is 5.91 Å². The van der Waals surface area contributed by atoms with Gasteiger partial charge in [-0.3, -0.25) is 9.59 Å². The molecule has 2 N–H and O–H groups in total. The molecule has 1 aromatic carbocycles. The molecule has 1 atom stereocenters. The van der Waals surface area contributed by atoms with Crippen LogP contribution in [0.15, 0.2) is 29.1 Å². The van der Waals surface area contributed by atoms with E-state index in [4.69, 9.17) is 4.74 Å². The fourth-order valence-corrected chi connectivity index (χ4v) is 3.01. The van der Waals surface area contributed by atoms with E-state index >= 15 is 0 Å². The smallest absolute Gasteiger partial charge is 0.258 e. The molecule has 1 saturated heterocycles. The maximum Gasteiger partial charge on any atom is 0.258 e. The topological polar surface area (TPSA) is 87.3 Å². The molecule has 2 heterocycles. The predicted octanol–water partition coefficient (Wildman–Crippen LogP) is 1.46. The first kappa shape index (κ1) is 20.4. The summed E-state index contributed by atoms with van der Waals surface area (Å²) in [4.78, 5) is 34.0. The molecule has 8 heteroatoms. The third kappa shape index (κ3) is 4.81. The Hall–Kier alpha value is -1.96. The Morgan fingerprint density at radius 1 is 1.38 bits per heavy atom. The summed E-state index contributed by atoms with van der Waals surface area (Å²) in [6.07, 6.45) is 0.371. The lowest BCUT2D eigenvalue weighted by atomic mass is 10.1. The van der Waals surface area contributed by atoms with Crippen molar-refractivity contribution >= 4 is 29.2 Å². The number of halogens is 1. The van der Waals surface area contributed by atoms with Gasteiger partial charge in [-0.05, 0) is 26.0 Å². The van der Waals surface area contributed by atoms with Gasteiger partial charge in [0.05, 0.1) is 30.7 Å². The molecule has 1 fully saturated rings. The van der Waals surface area contributed by atoms with Crippen LogP contribution >= 0.6 is 12.4 Å². The van der Waals surface area contributed by atoms with Gasteiger partial charge >= 0.3 is 0 Å². The van der Waals surface area contributed by atoms with Crippen LogP contribution in [-0.2, 0) is 16.1 Å². The third-order valence-electron chi connectivity index (χ3n) is 4.35. The molecule has 142 valence electrons. The average molecular weight is 381 g/mol. The molecule has 0 saturated carbocycles. The van der Waals surface area contributed by atoms with Crippen molar-refractivity contribution in [3.8, 4) is 0 Å². The van der Waals surface area contributed by atoms with Crippen LogP contribution in [0, 0.1) is 0 Å². The Morgan fingerprint density at radius 2 is 2.15 bits per heavy atom. The minimum absolute atomic E-state index is 0. The summed E-state index contributed by atoms with van der Waals surface area (Å²) in [5.41, 5.74) is 0.457. The van der Waals surface area contributed by atoms with Crippen molar-refractivity contribution in [1.82, 2.24) is 20.2 Å². The van der Waals surface area contributed by atoms with Gasteiger partial charge in [-0.1, -0.05) is 12.1 Å². The lowest BCUT2D eigenvalue weighted by Gasteiger charge is -2.30. The number of carbonyl (C=O) groups excluding carboxylic acids is 1. The number of aromatic amines is 1. The van der Waals surface area contributed by atoms with E-state index < -0.39 is 0 Å². The van der Waals surface area contributed by atoms with E-state index in [-0.39, 0.29) is 42.5 Å². The highest BCUT2D eigenvalue weighted by atomic mass is 35.5. The van der Waals surface area contributed by atoms with Crippen molar-refractivity contribution in [3.63, 3.8) is 0 Å². The van der Waals surface area contributed by atoms with Gasteiger partial charge in [0.15, 0.2) is 0 Å². The van der Waals surface area contributed by atoms with Gasteiger partial charge in [0.25, 0.3) is 5.56 Å². The number of hydrogen-bond donors (Lipinski definition) is 2. The van der Waals surface area contributed by atoms with Gasteiger partial charge in [-0.25, -0.2) is 4.98 Å². The normalized spacial score (nSPS) is 17.1. The van der Waals surface area contributed by atoms with E-state index in [0.29, 0.717) is 36.4 Å². The second kappa shape index (κ2) is 9.12. The van der Waals surface area contributed by atoms with Crippen LogP contribution in [0.25, 0.3) is 10.9 Å². The largest absolute Gasteiger partial charge is 0.378 e. The Morgan fingerprint density at radius 3 is 2.85 bits per heavy atom. The molecule has 1 aromatic heterocycles. The van der Waals surface area contributed by atoms with Crippen molar-refractivity contribution in [2.75, 3.05) is 19.8 Å². The second-order valence-electron chi connectivity index (χ2n) is 6.58. The van der Waals surface area contributed by atoms with E-state index in [1.165, 1.54) is 0 Å². The Labute approximate surface area is 158 Å². The van der Waals surface area contributed by atoms with Gasteiger partial charge in [-0.15, -0.1) is 12.4 Å². The molecule has 1 unspecified atom stereocenters. The predicted molar refractivity (Wildman–Crippen MR) is 103 cm³/mol. The molecule has 0 radical (unpaired) electrons. The van der Waals surface area contributed by atoms with Crippen LogP contribution in [0.1, 0.15) is 26.1 Å². The van der Waals surface area contributed by atoms with Crippen molar-refractivity contribution in [2.24, 2.45) is 0 Å². The maximum absolute atomic E-state index is 12.7. The molecule has 1 amide bonds. The maximum atomic E-state index is 12.7. The summed E-state index contributed by atoms with van der Waals surface area (Å²) in [5.74, 6) is 0.521. The van der Waals surface area contributed by atoms with Crippen LogP contribution in [0.3, 0.4) is 0 Å². The SMILES string of the molecule is CC(C)N(Cc1nc2ccccc2c(=O)[nH]1)C(=O)CC1COCCN1.Cl. The zero-order valence-electron chi connectivity index (χ0n) is 15.0. The molecular weight excluding hydrogens is 356 g/mol. The fourth-order valence-electron chi connectivity index (χ4n) is 3.01. The first-order valence-electron chi connectivity index (χ1n) is 8.63. The van der Waals surface area contributed by atoms with E-state index in [1.54, 1.807) is 17.0 Å². The molecule has 0 spiro atoms. The summed E-state index contributed by atoms with van der Waals surface area (Å²) >= 11 is 0. The first-order valence-corrected chi connectivity index (χ1v) is 8.63. The highest BCUT2D eigenvalue weighted by Gasteiger charge is 2.23. The minimum Gasteiger partial charge on any atom is -0.378 e. The highest BCUT2D eigenvalue weighted by Crippen LogP contribution is 2.11. The van der Waals surface area contributed by atoms with Crippen molar-refractivity contribution in [3.05, 3.63) is 40.4 Å². The molecule has 1 aliphatic heterocycles. The van der Waals surface area contributed by atoms with Crippen LogP contribution < -0.4 is 10.9 Å². The number of fused-ring (bicyclic) bond motifs is 1. The lowest BCUT2D eigenvalue weighted by molar-refractivity contribution is -0.135. The van der Waals surface area contributed by atoms with Crippen molar-refractivity contribution < 1.29 is 9.53 Å². The van der Waals surface area contributed by atoms with Crippen molar-refractivity contribution in [2.45, 2.75) is 38.9 Å².